The highest BCUT2D eigenvalue weighted by Gasteiger charge is 2.06. The predicted molar refractivity (Wildman–Crippen MR) is 89.8 cm³/mol. The molecule has 1 aromatic heterocycles. The average Bonchev–Trinajstić information content (AvgIpc) is 2.84. The van der Waals surface area contributed by atoms with E-state index in [-0.39, 0.29) is 6.03 Å². The Morgan fingerprint density at radius 2 is 1.73 bits per heavy atom. The molecule has 0 atom stereocenters. The number of hydrogen-bond donors (Lipinski definition) is 2. The van der Waals surface area contributed by atoms with Gasteiger partial charge in [0.25, 0.3) is 0 Å². The molecular weight excluding hydrogens is 323 g/mol. The lowest BCUT2D eigenvalue weighted by molar-refractivity contribution is 0.262. The van der Waals surface area contributed by atoms with Gasteiger partial charge in [-0.3, -0.25) is 0 Å². The number of aryl methyl sites for hydroxylation is 1. The molecule has 0 unspecified atom stereocenters. The fourth-order valence-corrected chi connectivity index (χ4v) is 2.38. The summed E-state index contributed by atoms with van der Waals surface area (Å²) in [6.45, 7) is 0. The number of nitrogens with one attached hydrogen (secondary N) is 2. The zero-order valence-corrected chi connectivity index (χ0v) is 13.1. The van der Waals surface area contributed by atoms with Gasteiger partial charge in [-0.2, -0.15) is 0 Å². The van der Waals surface area contributed by atoms with Gasteiger partial charge < -0.3 is 15.2 Å². The van der Waals surface area contributed by atoms with Crippen LogP contribution in [0, 0.1) is 0 Å². The molecule has 3 rings (SSSR count). The van der Waals surface area contributed by atoms with Crippen LogP contribution in [-0.4, -0.2) is 15.6 Å². The lowest BCUT2D eigenvalue weighted by atomic mass is 10.2. The summed E-state index contributed by atoms with van der Waals surface area (Å²) in [4.78, 5) is 16.2. The molecule has 0 saturated heterocycles. The Balaban J connectivity index is 1.73. The third-order valence-electron chi connectivity index (χ3n) is 3.16. The molecule has 0 spiro atoms. The van der Waals surface area contributed by atoms with Crippen molar-refractivity contribution >= 4 is 51.6 Å². The molecule has 0 radical (unpaired) electrons. The summed E-state index contributed by atoms with van der Waals surface area (Å²) in [6, 6.07) is 10.0. The summed E-state index contributed by atoms with van der Waals surface area (Å²) in [5, 5.41) is 6.27. The van der Waals surface area contributed by atoms with E-state index >= 15 is 0 Å². The molecule has 2 aromatic carbocycles. The second kappa shape index (κ2) is 5.87. The zero-order valence-electron chi connectivity index (χ0n) is 11.6. The third kappa shape index (κ3) is 3.00. The first-order valence-electron chi connectivity index (χ1n) is 6.47. The summed E-state index contributed by atoms with van der Waals surface area (Å²) in [5.74, 6) is 0. The molecule has 5 nitrogen and oxygen atoms in total. The summed E-state index contributed by atoms with van der Waals surface area (Å²) in [6.07, 6.45) is 1.73. The van der Waals surface area contributed by atoms with Crippen molar-refractivity contribution < 1.29 is 4.79 Å². The number of amides is 2. The SMILES string of the molecule is Cn1cnc2cc(NC(=O)Nc3ccc(Cl)c(Cl)c3)ccc21. The minimum absolute atomic E-state index is 0.367. The maximum Gasteiger partial charge on any atom is 0.323 e. The van der Waals surface area contributed by atoms with E-state index in [1.165, 1.54) is 0 Å². The van der Waals surface area contributed by atoms with E-state index < -0.39 is 0 Å². The number of benzene rings is 2. The summed E-state index contributed by atoms with van der Waals surface area (Å²) < 4.78 is 1.91. The van der Waals surface area contributed by atoms with Gasteiger partial charge in [-0.05, 0) is 36.4 Å². The maximum atomic E-state index is 12.0. The van der Waals surface area contributed by atoms with Gasteiger partial charge in [0.15, 0.2) is 0 Å². The molecule has 0 aliphatic carbocycles. The number of halogens is 2. The molecule has 2 amide bonds. The topological polar surface area (TPSA) is 59.0 Å². The largest absolute Gasteiger partial charge is 0.334 e. The average molecular weight is 335 g/mol. The first-order chi connectivity index (χ1) is 10.5. The minimum Gasteiger partial charge on any atom is -0.334 e. The number of anilines is 2. The Morgan fingerprint density at radius 3 is 2.45 bits per heavy atom. The minimum atomic E-state index is -0.367. The Hall–Kier alpha value is -2.24. The normalized spacial score (nSPS) is 10.7. The molecule has 22 heavy (non-hydrogen) atoms. The van der Waals surface area contributed by atoms with Crippen LogP contribution in [-0.2, 0) is 7.05 Å². The van der Waals surface area contributed by atoms with Gasteiger partial charge in [0.1, 0.15) is 0 Å². The standard InChI is InChI=1S/C15H12Cl2N4O/c1-21-8-18-13-7-10(3-5-14(13)21)20-15(22)19-9-2-4-11(16)12(17)6-9/h2-8H,1H3,(H2,19,20,22). The lowest BCUT2D eigenvalue weighted by Gasteiger charge is -2.08. The van der Waals surface area contributed by atoms with Crippen molar-refractivity contribution in [2.45, 2.75) is 0 Å². The van der Waals surface area contributed by atoms with E-state index in [9.17, 15) is 4.79 Å². The van der Waals surface area contributed by atoms with Gasteiger partial charge in [0.05, 0.1) is 27.4 Å². The first-order valence-corrected chi connectivity index (χ1v) is 7.22. The van der Waals surface area contributed by atoms with Gasteiger partial charge >= 0.3 is 6.03 Å². The second-order valence-electron chi connectivity index (χ2n) is 4.77. The summed E-state index contributed by atoms with van der Waals surface area (Å²) >= 11 is 11.7. The molecule has 3 aromatic rings. The molecule has 1 heterocycles. The van der Waals surface area contributed by atoms with Crippen LogP contribution in [0.15, 0.2) is 42.7 Å². The predicted octanol–water partition coefficient (Wildman–Crippen LogP) is 4.52. The molecule has 7 heteroatoms. The Morgan fingerprint density at radius 1 is 1.05 bits per heavy atom. The molecule has 0 aliphatic heterocycles. The highest BCUT2D eigenvalue weighted by atomic mass is 35.5. The number of rotatable bonds is 2. The number of nitrogens with zero attached hydrogens (tertiary/aromatic N) is 2. The van der Waals surface area contributed by atoms with E-state index in [1.807, 2.05) is 29.8 Å². The lowest BCUT2D eigenvalue weighted by Crippen LogP contribution is -2.19. The highest BCUT2D eigenvalue weighted by Crippen LogP contribution is 2.25. The molecule has 0 aliphatic rings. The van der Waals surface area contributed by atoms with E-state index in [4.69, 9.17) is 23.2 Å². The van der Waals surface area contributed by atoms with Crippen molar-refractivity contribution in [3.63, 3.8) is 0 Å². The number of carbonyl (C=O) groups excluding carboxylic acids is 1. The number of imidazole rings is 1. The quantitative estimate of drug-likeness (QED) is 0.723. The number of carbonyl (C=O) groups is 1. The molecular formula is C15H12Cl2N4O. The van der Waals surface area contributed by atoms with Crippen LogP contribution < -0.4 is 10.6 Å². The van der Waals surface area contributed by atoms with Crippen molar-refractivity contribution in [3.8, 4) is 0 Å². The van der Waals surface area contributed by atoms with Crippen LogP contribution >= 0.6 is 23.2 Å². The van der Waals surface area contributed by atoms with Gasteiger partial charge in [0, 0.05) is 18.4 Å². The van der Waals surface area contributed by atoms with Crippen molar-refractivity contribution in [1.82, 2.24) is 9.55 Å². The number of fused-ring (bicyclic) bond motifs is 1. The monoisotopic (exact) mass is 334 g/mol. The van der Waals surface area contributed by atoms with Crippen LogP contribution in [0.2, 0.25) is 10.0 Å². The highest BCUT2D eigenvalue weighted by molar-refractivity contribution is 6.42. The van der Waals surface area contributed by atoms with Crippen molar-refractivity contribution in [3.05, 3.63) is 52.8 Å². The fraction of sp³-hybridized carbons (Fsp3) is 0.0667. The number of aromatic nitrogens is 2. The van der Waals surface area contributed by atoms with Crippen molar-refractivity contribution in [2.75, 3.05) is 10.6 Å². The Labute approximate surface area is 136 Å². The van der Waals surface area contributed by atoms with E-state index in [2.05, 4.69) is 15.6 Å². The van der Waals surface area contributed by atoms with Crippen molar-refractivity contribution in [1.29, 1.82) is 0 Å². The molecule has 0 bridgehead atoms. The first kappa shape index (κ1) is 14.7. The molecule has 112 valence electrons. The van der Waals surface area contributed by atoms with E-state index in [0.717, 1.165) is 11.0 Å². The Kier molecular flexibility index (Phi) is 3.92. The molecule has 2 N–H and O–H groups in total. The summed E-state index contributed by atoms with van der Waals surface area (Å²) in [7, 11) is 1.92. The van der Waals surface area contributed by atoms with Gasteiger partial charge in [-0.15, -0.1) is 0 Å². The number of urea groups is 1. The molecule has 0 saturated carbocycles. The smallest absolute Gasteiger partial charge is 0.323 e. The van der Waals surface area contributed by atoms with Crippen LogP contribution in [0.4, 0.5) is 16.2 Å². The molecule has 0 fully saturated rings. The Bertz CT molecular complexity index is 860. The van der Waals surface area contributed by atoms with Crippen LogP contribution in [0.25, 0.3) is 11.0 Å². The third-order valence-corrected chi connectivity index (χ3v) is 3.90. The van der Waals surface area contributed by atoms with Gasteiger partial charge in [-0.1, -0.05) is 23.2 Å². The second-order valence-corrected chi connectivity index (χ2v) is 5.58. The van der Waals surface area contributed by atoms with Crippen LogP contribution in [0.5, 0.6) is 0 Å². The number of hydrogen-bond acceptors (Lipinski definition) is 2. The zero-order chi connectivity index (χ0) is 15.7. The van der Waals surface area contributed by atoms with Crippen LogP contribution in [0.1, 0.15) is 0 Å². The van der Waals surface area contributed by atoms with Crippen LogP contribution in [0.3, 0.4) is 0 Å². The van der Waals surface area contributed by atoms with Gasteiger partial charge in [0.2, 0.25) is 0 Å². The van der Waals surface area contributed by atoms with Gasteiger partial charge in [-0.25, -0.2) is 9.78 Å². The maximum absolute atomic E-state index is 12.0. The fourth-order valence-electron chi connectivity index (χ4n) is 2.08. The van der Waals surface area contributed by atoms with Crippen molar-refractivity contribution in [2.24, 2.45) is 7.05 Å². The van der Waals surface area contributed by atoms with E-state index in [1.54, 1.807) is 24.5 Å². The summed E-state index contributed by atoms with van der Waals surface area (Å²) in [5.41, 5.74) is 3.03. The van der Waals surface area contributed by atoms with E-state index in [0.29, 0.717) is 21.4 Å².